The number of amides is 1. The number of para-hydroxylation sites is 1. The topological polar surface area (TPSA) is 85.4 Å². The van der Waals surface area contributed by atoms with Gasteiger partial charge in [-0.15, -0.1) is 0 Å². The first-order chi connectivity index (χ1) is 17.0. The lowest BCUT2D eigenvalue weighted by atomic mass is 10.0. The molecule has 1 heterocycles. The molecule has 180 valence electrons. The predicted molar refractivity (Wildman–Crippen MR) is 139 cm³/mol. The fourth-order valence-corrected chi connectivity index (χ4v) is 4.94. The number of hydrogen-bond donors (Lipinski definition) is 1. The van der Waals surface area contributed by atoms with Crippen molar-refractivity contribution in [2.45, 2.75) is 26.2 Å². The first-order valence-corrected chi connectivity index (χ1v) is 13.3. The van der Waals surface area contributed by atoms with Crippen LogP contribution in [-0.4, -0.2) is 31.6 Å². The number of rotatable bonds is 10. The molecule has 0 spiro atoms. The van der Waals surface area contributed by atoms with Crippen LogP contribution in [-0.2, 0) is 16.5 Å². The third-order valence-corrected chi connectivity index (χ3v) is 6.89. The second-order valence-corrected chi connectivity index (χ2v) is 9.93. The number of pyridine rings is 1. The molecule has 0 radical (unpaired) electrons. The quantitative estimate of drug-likeness (QED) is 0.239. The molecular formula is C28H28N2O4S. The predicted octanol–water partition coefficient (Wildman–Crippen LogP) is 5.38. The lowest BCUT2D eigenvalue weighted by Gasteiger charge is -2.17. The van der Waals surface area contributed by atoms with Crippen LogP contribution in [0.3, 0.4) is 0 Å². The zero-order valence-corrected chi connectivity index (χ0v) is 20.4. The molecule has 0 aliphatic heterocycles. The highest BCUT2D eigenvalue weighted by molar-refractivity contribution is 7.87. The minimum atomic E-state index is -3.92. The average molecular weight is 489 g/mol. The van der Waals surface area contributed by atoms with Gasteiger partial charge in [-0.25, -0.2) is 4.98 Å². The molecule has 1 amide bonds. The minimum absolute atomic E-state index is 0.0380. The summed E-state index contributed by atoms with van der Waals surface area (Å²) in [6.07, 6.45) is 1.96. The third kappa shape index (κ3) is 6.05. The van der Waals surface area contributed by atoms with Crippen molar-refractivity contribution in [3.05, 3.63) is 96.1 Å². The normalized spacial score (nSPS) is 11.3. The number of carbonyl (C=O) groups excluding carboxylic acids is 1. The molecule has 0 atom stereocenters. The van der Waals surface area contributed by atoms with Crippen LogP contribution in [0, 0.1) is 0 Å². The van der Waals surface area contributed by atoms with E-state index in [0.29, 0.717) is 35.1 Å². The van der Waals surface area contributed by atoms with Crippen molar-refractivity contribution in [3.63, 3.8) is 0 Å². The fraction of sp³-hybridized carbons (Fsp3) is 0.214. The van der Waals surface area contributed by atoms with Gasteiger partial charge in [0.15, 0.2) is 5.75 Å². The molecule has 0 saturated heterocycles. The Kier molecular flexibility index (Phi) is 7.77. The Bertz CT molecular complexity index is 1410. The van der Waals surface area contributed by atoms with Gasteiger partial charge in [0.1, 0.15) is 5.69 Å². The molecule has 1 N–H and O–H groups in total. The summed E-state index contributed by atoms with van der Waals surface area (Å²) in [4.78, 5) is 18.2. The Morgan fingerprint density at radius 2 is 1.57 bits per heavy atom. The average Bonchev–Trinajstić information content (AvgIpc) is 2.87. The lowest BCUT2D eigenvalue weighted by Crippen LogP contribution is -2.27. The van der Waals surface area contributed by atoms with Gasteiger partial charge in [0.25, 0.3) is 5.91 Å². The summed E-state index contributed by atoms with van der Waals surface area (Å²) in [5.41, 5.74) is 2.93. The van der Waals surface area contributed by atoms with Gasteiger partial charge in [-0.1, -0.05) is 85.8 Å². The highest BCUT2D eigenvalue weighted by Gasteiger charge is 2.26. The Hall–Kier alpha value is -3.71. The maximum absolute atomic E-state index is 13.5. The van der Waals surface area contributed by atoms with E-state index in [2.05, 4.69) is 17.4 Å². The molecule has 7 heteroatoms. The van der Waals surface area contributed by atoms with Crippen molar-refractivity contribution in [3.8, 4) is 17.0 Å². The molecule has 3 aromatic carbocycles. The first-order valence-electron chi connectivity index (χ1n) is 11.7. The number of aryl methyl sites for hydroxylation is 1. The van der Waals surface area contributed by atoms with E-state index in [4.69, 9.17) is 9.17 Å². The molecule has 4 rings (SSSR count). The van der Waals surface area contributed by atoms with Crippen LogP contribution in [0.2, 0.25) is 0 Å². The summed E-state index contributed by atoms with van der Waals surface area (Å²) in [5, 5.41) is 3.49. The van der Waals surface area contributed by atoms with E-state index < -0.39 is 16.0 Å². The van der Waals surface area contributed by atoms with Crippen LogP contribution in [0.1, 0.15) is 35.7 Å². The summed E-state index contributed by atoms with van der Waals surface area (Å²) in [5.74, 6) is -0.592. The second-order valence-electron chi connectivity index (χ2n) is 8.24. The van der Waals surface area contributed by atoms with Gasteiger partial charge in [-0.2, -0.15) is 8.42 Å². The Morgan fingerprint density at radius 1 is 0.914 bits per heavy atom. The van der Waals surface area contributed by atoms with Gasteiger partial charge in [0.05, 0.1) is 16.8 Å². The molecule has 0 unspecified atom stereocenters. The second kappa shape index (κ2) is 11.1. The zero-order valence-electron chi connectivity index (χ0n) is 19.6. The highest BCUT2D eigenvalue weighted by Crippen LogP contribution is 2.37. The fourth-order valence-electron chi connectivity index (χ4n) is 3.94. The van der Waals surface area contributed by atoms with Crippen molar-refractivity contribution < 1.29 is 17.4 Å². The SMILES string of the molecule is CCCS(=O)(=O)Oc1c(-c2ccccc2)nc2ccccc2c1C(=O)NCCCc1ccccc1. The van der Waals surface area contributed by atoms with Crippen LogP contribution in [0.15, 0.2) is 84.9 Å². The van der Waals surface area contributed by atoms with E-state index >= 15 is 0 Å². The molecule has 4 aromatic rings. The first kappa shape index (κ1) is 24.4. The number of carbonyl (C=O) groups is 1. The third-order valence-electron chi connectivity index (χ3n) is 5.56. The van der Waals surface area contributed by atoms with Crippen molar-refractivity contribution in [1.29, 1.82) is 0 Å². The molecular weight excluding hydrogens is 460 g/mol. The smallest absolute Gasteiger partial charge is 0.309 e. The van der Waals surface area contributed by atoms with Crippen molar-refractivity contribution in [2.75, 3.05) is 12.3 Å². The molecule has 0 bridgehead atoms. The summed E-state index contributed by atoms with van der Waals surface area (Å²) in [6.45, 7) is 2.20. The largest absolute Gasteiger partial charge is 0.379 e. The van der Waals surface area contributed by atoms with E-state index in [1.54, 1.807) is 25.1 Å². The van der Waals surface area contributed by atoms with E-state index in [-0.39, 0.29) is 17.1 Å². The maximum Gasteiger partial charge on any atom is 0.309 e. The summed E-state index contributed by atoms with van der Waals surface area (Å²) >= 11 is 0. The number of benzene rings is 3. The summed E-state index contributed by atoms with van der Waals surface area (Å²) < 4.78 is 31.1. The van der Waals surface area contributed by atoms with E-state index in [1.165, 1.54) is 5.56 Å². The molecule has 1 aromatic heterocycles. The molecule has 0 aliphatic carbocycles. The van der Waals surface area contributed by atoms with Crippen LogP contribution in [0.25, 0.3) is 22.2 Å². The Morgan fingerprint density at radius 3 is 2.29 bits per heavy atom. The van der Waals surface area contributed by atoms with E-state index in [0.717, 1.165) is 12.8 Å². The van der Waals surface area contributed by atoms with Crippen molar-refractivity contribution in [2.24, 2.45) is 0 Å². The van der Waals surface area contributed by atoms with Crippen LogP contribution in [0.5, 0.6) is 5.75 Å². The standard InChI is InChI=1S/C28H28N2O4S/c1-2-20-35(32,33)34-27-25(28(31)29-19-11-14-21-12-5-3-6-13-21)23-17-9-10-18-24(23)30-26(27)22-15-7-4-8-16-22/h3-10,12-13,15-18H,2,11,14,19-20H2,1H3,(H,29,31). The van der Waals surface area contributed by atoms with Gasteiger partial charge >= 0.3 is 10.1 Å². The molecule has 0 fully saturated rings. The van der Waals surface area contributed by atoms with Crippen molar-refractivity contribution in [1.82, 2.24) is 10.3 Å². The zero-order chi connectivity index (χ0) is 24.7. The molecule has 0 saturated carbocycles. The van der Waals surface area contributed by atoms with E-state index in [9.17, 15) is 13.2 Å². The number of fused-ring (bicyclic) bond motifs is 1. The minimum Gasteiger partial charge on any atom is -0.379 e. The number of nitrogens with zero attached hydrogens (tertiary/aromatic N) is 1. The van der Waals surface area contributed by atoms with Gasteiger partial charge in [-0.05, 0) is 30.9 Å². The van der Waals surface area contributed by atoms with Crippen molar-refractivity contribution >= 4 is 26.9 Å². The number of nitrogens with one attached hydrogen (secondary N) is 1. The van der Waals surface area contributed by atoms with E-state index in [1.807, 2.05) is 54.6 Å². The Balaban J connectivity index is 1.74. The van der Waals surface area contributed by atoms with Crippen LogP contribution >= 0.6 is 0 Å². The van der Waals surface area contributed by atoms with Gasteiger partial charge < -0.3 is 9.50 Å². The summed E-state index contributed by atoms with van der Waals surface area (Å²) in [7, 11) is -3.92. The molecule has 6 nitrogen and oxygen atoms in total. The highest BCUT2D eigenvalue weighted by atomic mass is 32.2. The van der Waals surface area contributed by atoms with Gasteiger partial charge in [0.2, 0.25) is 0 Å². The number of hydrogen-bond acceptors (Lipinski definition) is 5. The molecule has 0 aliphatic rings. The summed E-state index contributed by atoms with van der Waals surface area (Å²) in [6, 6.07) is 26.4. The monoisotopic (exact) mass is 488 g/mol. The van der Waals surface area contributed by atoms with Crippen LogP contribution < -0.4 is 9.50 Å². The maximum atomic E-state index is 13.5. The van der Waals surface area contributed by atoms with Gasteiger partial charge in [0, 0.05) is 17.5 Å². The number of aromatic nitrogens is 1. The Labute approximate surface area is 206 Å². The van der Waals surface area contributed by atoms with Crippen LogP contribution in [0.4, 0.5) is 0 Å². The molecule has 35 heavy (non-hydrogen) atoms. The lowest BCUT2D eigenvalue weighted by molar-refractivity contribution is 0.0953. The van der Waals surface area contributed by atoms with Gasteiger partial charge in [-0.3, -0.25) is 4.79 Å².